The van der Waals surface area contributed by atoms with E-state index in [2.05, 4.69) is 31.0 Å². The van der Waals surface area contributed by atoms with Gasteiger partial charge < -0.3 is 5.73 Å². The zero-order chi connectivity index (χ0) is 10.3. The zero-order valence-electron chi connectivity index (χ0n) is 8.76. The van der Waals surface area contributed by atoms with E-state index in [-0.39, 0.29) is 5.41 Å². The Labute approximate surface area is 83.3 Å². The van der Waals surface area contributed by atoms with E-state index in [0.29, 0.717) is 0 Å². The van der Waals surface area contributed by atoms with Gasteiger partial charge in [-0.05, 0) is 18.2 Å². The number of aromatic amines is 1. The lowest BCUT2D eigenvalue weighted by molar-refractivity contribution is 0.571. The molecule has 0 radical (unpaired) electrons. The SMILES string of the molecule is CC(C)(C)c1[nH]nc2ccc(N)cc12. The molecule has 0 aliphatic rings. The molecule has 2 aromatic rings. The van der Waals surface area contributed by atoms with Crippen LogP contribution in [0.15, 0.2) is 18.2 Å². The molecule has 3 nitrogen and oxygen atoms in total. The highest BCUT2D eigenvalue weighted by Gasteiger charge is 2.19. The number of nitrogens with one attached hydrogen (secondary N) is 1. The zero-order valence-corrected chi connectivity index (χ0v) is 8.76. The molecule has 0 saturated carbocycles. The summed E-state index contributed by atoms with van der Waals surface area (Å²) in [5.41, 5.74) is 8.72. The van der Waals surface area contributed by atoms with Crippen LogP contribution in [0.25, 0.3) is 10.9 Å². The molecule has 2 rings (SSSR count). The molecule has 0 spiro atoms. The van der Waals surface area contributed by atoms with Crippen LogP contribution >= 0.6 is 0 Å². The summed E-state index contributed by atoms with van der Waals surface area (Å²) in [5, 5.41) is 8.44. The van der Waals surface area contributed by atoms with Crippen LogP contribution in [0, 0.1) is 0 Å². The van der Waals surface area contributed by atoms with Gasteiger partial charge in [-0.15, -0.1) is 0 Å². The normalized spacial score (nSPS) is 12.2. The van der Waals surface area contributed by atoms with E-state index in [0.717, 1.165) is 22.3 Å². The van der Waals surface area contributed by atoms with Gasteiger partial charge in [-0.2, -0.15) is 5.10 Å². The maximum absolute atomic E-state index is 5.75. The molecular weight excluding hydrogens is 174 g/mol. The van der Waals surface area contributed by atoms with E-state index in [1.54, 1.807) is 0 Å². The molecule has 0 unspecified atom stereocenters. The maximum Gasteiger partial charge on any atom is 0.0925 e. The minimum atomic E-state index is 0.0720. The first-order valence-electron chi connectivity index (χ1n) is 4.72. The van der Waals surface area contributed by atoms with Crippen LogP contribution in [-0.2, 0) is 5.41 Å². The smallest absolute Gasteiger partial charge is 0.0925 e. The molecule has 3 N–H and O–H groups in total. The number of rotatable bonds is 0. The molecule has 1 heterocycles. The minimum Gasteiger partial charge on any atom is -0.399 e. The van der Waals surface area contributed by atoms with E-state index >= 15 is 0 Å². The summed E-state index contributed by atoms with van der Waals surface area (Å²) in [4.78, 5) is 0. The number of hydrogen-bond donors (Lipinski definition) is 2. The highest BCUT2D eigenvalue weighted by molar-refractivity contribution is 5.85. The Morgan fingerprint density at radius 2 is 2.00 bits per heavy atom. The Bertz CT molecular complexity index is 463. The van der Waals surface area contributed by atoms with Crippen molar-refractivity contribution in [3.63, 3.8) is 0 Å². The molecular formula is C11H15N3. The number of benzene rings is 1. The number of nitrogen functional groups attached to an aromatic ring is 1. The predicted molar refractivity (Wildman–Crippen MR) is 59.2 cm³/mol. The van der Waals surface area contributed by atoms with Gasteiger partial charge in [0.25, 0.3) is 0 Å². The molecule has 0 bridgehead atoms. The van der Waals surface area contributed by atoms with Crippen molar-refractivity contribution in [3.05, 3.63) is 23.9 Å². The van der Waals surface area contributed by atoms with Gasteiger partial charge in [0.15, 0.2) is 0 Å². The predicted octanol–water partition coefficient (Wildman–Crippen LogP) is 2.44. The van der Waals surface area contributed by atoms with Crippen LogP contribution in [0.3, 0.4) is 0 Å². The number of aromatic nitrogens is 2. The average Bonchev–Trinajstić information content (AvgIpc) is 2.45. The standard InChI is InChI=1S/C11H15N3/c1-11(2,3)10-8-6-7(12)4-5-9(8)13-14-10/h4-6H,12H2,1-3H3,(H,13,14). The molecule has 1 aromatic carbocycles. The van der Waals surface area contributed by atoms with Gasteiger partial charge in [-0.1, -0.05) is 20.8 Å². The molecule has 0 aliphatic carbocycles. The Morgan fingerprint density at radius 3 is 2.64 bits per heavy atom. The number of hydrogen-bond acceptors (Lipinski definition) is 2. The van der Waals surface area contributed by atoms with E-state index in [1.807, 2.05) is 18.2 Å². The van der Waals surface area contributed by atoms with E-state index in [1.165, 1.54) is 0 Å². The molecule has 74 valence electrons. The van der Waals surface area contributed by atoms with Gasteiger partial charge >= 0.3 is 0 Å². The Kier molecular flexibility index (Phi) is 1.77. The van der Waals surface area contributed by atoms with Crippen molar-refractivity contribution >= 4 is 16.6 Å². The van der Waals surface area contributed by atoms with E-state index in [4.69, 9.17) is 5.73 Å². The van der Waals surface area contributed by atoms with Crippen LogP contribution in [-0.4, -0.2) is 10.2 Å². The fourth-order valence-corrected chi connectivity index (χ4v) is 1.60. The first-order chi connectivity index (χ1) is 6.48. The van der Waals surface area contributed by atoms with E-state index in [9.17, 15) is 0 Å². The lowest BCUT2D eigenvalue weighted by atomic mass is 9.90. The molecule has 0 saturated heterocycles. The molecule has 1 aromatic heterocycles. The van der Waals surface area contributed by atoms with Crippen LogP contribution in [0.1, 0.15) is 26.5 Å². The lowest BCUT2D eigenvalue weighted by Crippen LogP contribution is -2.12. The van der Waals surface area contributed by atoms with Gasteiger partial charge in [-0.25, -0.2) is 0 Å². The van der Waals surface area contributed by atoms with E-state index < -0.39 is 0 Å². The summed E-state index contributed by atoms with van der Waals surface area (Å²) >= 11 is 0. The van der Waals surface area contributed by atoms with Gasteiger partial charge in [0, 0.05) is 22.2 Å². The summed E-state index contributed by atoms with van der Waals surface area (Å²) in [6.07, 6.45) is 0. The minimum absolute atomic E-state index is 0.0720. The third-order valence-electron chi connectivity index (χ3n) is 2.33. The van der Waals surface area contributed by atoms with Gasteiger partial charge in [0.05, 0.1) is 5.52 Å². The third kappa shape index (κ3) is 1.35. The Balaban J connectivity index is 2.73. The van der Waals surface area contributed by atoms with Crippen LogP contribution in [0.5, 0.6) is 0 Å². The quantitative estimate of drug-likeness (QED) is 0.625. The summed E-state index contributed by atoms with van der Waals surface area (Å²) in [5.74, 6) is 0. The molecule has 14 heavy (non-hydrogen) atoms. The van der Waals surface area contributed by atoms with Crippen LogP contribution < -0.4 is 5.73 Å². The maximum atomic E-state index is 5.75. The summed E-state index contributed by atoms with van der Waals surface area (Å²) < 4.78 is 0. The first-order valence-corrected chi connectivity index (χ1v) is 4.72. The Morgan fingerprint density at radius 1 is 1.29 bits per heavy atom. The van der Waals surface area contributed by atoms with Crippen molar-refractivity contribution in [2.75, 3.05) is 5.73 Å². The van der Waals surface area contributed by atoms with Crippen molar-refractivity contribution in [1.29, 1.82) is 0 Å². The summed E-state index contributed by atoms with van der Waals surface area (Å²) in [6, 6.07) is 5.78. The topological polar surface area (TPSA) is 54.7 Å². The second-order valence-electron chi connectivity index (χ2n) is 4.63. The first kappa shape index (κ1) is 9.06. The van der Waals surface area contributed by atoms with Crippen molar-refractivity contribution in [2.24, 2.45) is 0 Å². The number of anilines is 1. The van der Waals surface area contributed by atoms with Crippen LogP contribution in [0.2, 0.25) is 0 Å². The average molecular weight is 189 g/mol. The van der Waals surface area contributed by atoms with Gasteiger partial charge in [0.1, 0.15) is 0 Å². The molecule has 0 atom stereocenters. The largest absolute Gasteiger partial charge is 0.399 e. The highest BCUT2D eigenvalue weighted by atomic mass is 15.1. The molecule has 0 amide bonds. The van der Waals surface area contributed by atoms with Gasteiger partial charge in [-0.3, -0.25) is 5.10 Å². The third-order valence-corrected chi connectivity index (χ3v) is 2.33. The highest BCUT2D eigenvalue weighted by Crippen LogP contribution is 2.28. The molecule has 0 fully saturated rings. The monoisotopic (exact) mass is 189 g/mol. The van der Waals surface area contributed by atoms with Crippen LogP contribution in [0.4, 0.5) is 5.69 Å². The van der Waals surface area contributed by atoms with Crippen molar-refractivity contribution in [2.45, 2.75) is 26.2 Å². The fourth-order valence-electron chi connectivity index (χ4n) is 1.60. The fraction of sp³-hybridized carbons (Fsp3) is 0.364. The Hall–Kier alpha value is -1.51. The van der Waals surface area contributed by atoms with Crippen molar-refractivity contribution in [1.82, 2.24) is 10.2 Å². The van der Waals surface area contributed by atoms with Crippen molar-refractivity contribution in [3.8, 4) is 0 Å². The number of nitrogens with two attached hydrogens (primary N) is 1. The summed E-state index contributed by atoms with van der Waals surface area (Å²) in [7, 11) is 0. The lowest BCUT2D eigenvalue weighted by Gasteiger charge is -2.16. The second kappa shape index (κ2) is 2.74. The van der Waals surface area contributed by atoms with Crippen molar-refractivity contribution < 1.29 is 0 Å². The second-order valence-corrected chi connectivity index (χ2v) is 4.63. The number of nitrogens with zero attached hydrogens (tertiary/aromatic N) is 1. The molecule has 0 aliphatic heterocycles. The summed E-state index contributed by atoms with van der Waals surface area (Å²) in [6.45, 7) is 6.47. The number of fused-ring (bicyclic) bond motifs is 1. The number of H-pyrrole nitrogens is 1. The molecule has 3 heteroatoms. The van der Waals surface area contributed by atoms with Gasteiger partial charge in [0.2, 0.25) is 0 Å².